The zero-order valence-corrected chi connectivity index (χ0v) is 9.13. The van der Waals surface area contributed by atoms with E-state index in [-0.39, 0.29) is 16.8 Å². The molecule has 2 aromatic rings. The summed E-state index contributed by atoms with van der Waals surface area (Å²) in [5.41, 5.74) is 0.208. The van der Waals surface area contributed by atoms with Crippen LogP contribution in [0.3, 0.4) is 0 Å². The molecule has 0 saturated heterocycles. The van der Waals surface area contributed by atoms with Gasteiger partial charge in [-0.3, -0.25) is 4.79 Å². The van der Waals surface area contributed by atoms with Gasteiger partial charge in [0.2, 0.25) is 0 Å². The Hall–Kier alpha value is -2.04. The second-order valence-corrected chi connectivity index (χ2v) is 3.54. The molecular formula is C12H10F2N2O. The molecule has 0 bridgehead atoms. The lowest BCUT2D eigenvalue weighted by Crippen LogP contribution is -2.14. The average Bonchev–Trinajstić information content (AvgIpc) is 2.32. The van der Waals surface area contributed by atoms with E-state index in [0.717, 1.165) is 18.2 Å². The molecule has 0 spiro atoms. The van der Waals surface area contributed by atoms with E-state index in [0.29, 0.717) is 12.0 Å². The van der Waals surface area contributed by atoms with E-state index in [1.165, 1.54) is 6.33 Å². The zero-order valence-electron chi connectivity index (χ0n) is 9.13. The number of H-pyrrole nitrogens is 1. The second-order valence-electron chi connectivity index (χ2n) is 3.54. The van der Waals surface area contributed by atoms with Gasteiger partial charge in [-0.15, -0.1) is 0 Å². The lowest BCUT2D eigenvalue weighted by molar-refractivity contribution is 0.602. The number of hydrogen-bond donors (Lipinski definition) is 1. The smallest absolute Gasteiger partial charge is 0.254 e. The summed E-state index contributed by atoms with van der Waals surface area (Å²) in [5.74, 6) is -1.16. The molecule has 5 heteroatoms. The first-order chi connectivity index (χ1) is 8.13. The van der Waals surface area contributed by atoms with Gasteiger partial charge in [0.25, 0.3) is 5.56 Å². The standard InChI is InChI=1S/C12H10F2N2O/c1-2-8-11(15-6-16-12(8)17)9-5-7(13)3-4-10(9)14/h3-6H,2H2,1H3,(H,15,16,17). The summed E-state index contributed by atoms with van der Waals surface area (Å²) >= 11 is 0. The van der Waals surface area contributed by atoms with Crippen LogP contribution < -0.4 is 5.56 Å². The van der Waals surface area contributed by atoms with E-state index in [9.17, 15) is 13.6 Å². The van der Waals surface area contributed by atoms with Gasteiger partial charge in [0, 0.05) is 11.1 Å². The van der Waals surface area contributed by atoms with Gasteiger partial charge in [-0.25, -0.2) is 13.8 Å². The van der Waals surface area contributed by atoms with Crippen LogP contribution in [0.4, 0.5) is 8.78 Å². The maximum absolute atomic E-state index is 13.6. The number of halogens is 2. The van der Waals surface area contributed by atoms with Crippen LogP contribution in [0.2, 0.25) is 0 Å². The fourth-order valence-electron chi connectivity index (χ4n) is 1.67. The third kappa shape index (κ3) is 2.08. The van der Waals surface area contributed by atoms with E-state index in [1.54, 1.807) is 6.92 Å². The molecular weight excluding hydrogens is 226 g/mol. The molecule has 1 N–H and O–H groups in total. The van der Waals surface area contributed by atoms with Crippen LogP contribution in [0.15, 0.2) is 29.3 Å². The number of nitrogens with one attached hydrogen (secondary N) is 1. The number of nitrogens with zero attached hydrogens (tertiary/aromatic N) is 1. The number of aromatic nitrogens is 2. The number of aromatic amines is 1. The van der Waals surface area contributed by atoms with Gasteiger partial charge in [-0.1, -0.05) is 6.92 Å². The predicted molar refractivity (Wildman–Crippen MR) is 59.6 cm³/mol. The summed E-state index contributed by atoms with van der Waals surface area (Å²) < 4.78 is 26.7. The van der Waals surface area contributed by atoms with Gasteiger partial charge in [0.1, 0.15) is 11.6 Å². The molecule has 3 nitrogen and oxygen atoms in total. The van der Waals surface area contributed by atoms with E-state index in [1.807, 2.05) is 0 Å². The second kappa shape index (κ2) is 4.45. The van der Waals surface area contributed by atoms with Crippen LogP contribution in [-0.2, 0) is 6.42 Å². The summed E-state index contributed by atoms with van der Waals surface area (Å²) in [6, 6.07) is 3.08. The van der Waals surface area contributed by atoms with E-state index < -0.39 is 11.6 Å². The molecule has 0 amide bonds. The highest BCUT2D eigenvalue weighted by atomic mass is 19.1. The van der Waals surface area contributed by atoms with Crippen molar-refractivity contribution < 1.29 is 8.78 Å². The van der Waals surface area contributed by atoms with Crippen molar-refractivity contribution in [3.05, 3.63) is 52.1 Å². The van der Waals surface area contributed by atoms with E-state index in [2.05, 4.69) is 9.97 Å². The van der Waals surface area contributed by atoms with Crippen LogP contribution in [0.5, 0.6) is 0 Å². The van der Waals surface area contributed by atoms with Crippen molar-refractivity contribution in [3.8, 4) is 11.3 Å². The quantitative estimate of drug-likeness (QED) is 0.869. The van der Waals surface area contributed by atoms with Crippen molar-refractivity contribution in [2.45, 2.75) is 13.3 Å². The molecule has 17 heavy (non-hydrogen) atoms. The first-order valence-corrected chi connectivity index (χ1v) is 5.15. The highest BCUT2D eigenvalue weighted by Gasteiger charge is 2.13. The van der Waals surface area contributed by atoms with Crippen LogP contribution in [0.25, 0.3) is 11.3 Å². The number of hydrogen-bond acceptors (Lipinski definition) is 2. The Balaban J connectivity index is 2.72. The minimum absolute atomic E-state index is 0.00736. The molecule has 0 aliphatic rings. The molecule has 0 atom stereocenters. The molecule has 0 unspecified atom stereocenters. The van der Waals surface area contributed by atoms with Crippen LogP contribution >= 0.6 is 0 Å². The first-order valence-electron chi connectivity index (χ1n) is 5.15. The van der Waals surface area contributed by atoms with Crippen molar-refractivity contribution in [1.29, 1.82) is 0 Å². The monoisotopic (exact) mass is 236 g/mol. The molecule has 0 fully saturated rings. The molecule has 1 aromatic heterocycles. The maximum atomic E-state index is 13.6. The van der Waals surface area contributed by atoms with Crippen molar-refractivity contribution in [2.24, 2.45) is 0 Å². The fraction of sp³-hybridized carbons (Fsp3) is 0.167. The highest BCUT2D eigenvalue weighted by molar-refractivity contribution is 5.63. The Morgan fingerprint density at radius 3 is 2.82 bits per heavy atom. The maximum Gasteiger partial charge on any atom is 0.254 e. The Bertz CT molecular complexity index is 608. The molecule has 0 aliphatic heterocycles. The van der Waals surface area contributed by atoms with Crippen molar-refractivity contribution in [3.63, 3.8) is 0 Å². The zero-order chi connectivity index (χ0) is 12.4. The number of rotatable bonds is 2. The topological polar surface area (TPSA) is 45.8 Å². The van der Waals surface area contributed by atoms with Gasteiger partial charge >= 0.3 is 0 Å². The molecule has 0 saturated carbocycles. The summed E-state index contributed by atoms with van der Waals surface area (Å²) in [7, 11) is 0. The van der Waals surface area contributed by atoms with Gasteiger partial charge in [0.05, 0.1) is 12.0 Å². The molecule has 0 radical (unpaired) electrons. The lowest BCUT2D eigenvalue weighted by atomic mass is 10.0. The summed E-state index contributed by atoms with van der Waals surface area (Å²) in [5, 5.41) is 0. The average molecular weight is 236 g/mol. The van der Waals surface area contributed by atoms with E-state index in [4.69, 9.17) is 0 Å². The lowest BCUT2D eigenvalue weighted by Gasteiger charge is -2.06. The Morgan fingerprint density at radius 2 is 2.12 bits per heavy atom. The predicted octanol–water partition coefficient (Wildman–Crippen LogP) is 2.28. The van der Waals surface area contributed by atoms with Crippen LogP contribution in [-0.4, -0.2) is 9.97 Å². The minimum Gasteiger partial charge on any atom is -0.313 e. The van der Waals surface area contributed by atoms with Gasteiger partial charge < -0.3 is 4.98 Å². The van der Waals surface area contributed by atoms with Crippen LogP contribution in [0.1, 0.15) is 12.5 Å². The summed E-state index contributed by atoms with van der Waals surface area (Å²) in [6.07, 6.45) is 1.58. The van der Waals surface area contributed by atoms with Crippen molar-refractivity contribution in [2.75, 3.05) is 0 Å². The summed E-state index contributed by atoms with van der Waals surface area (Å²) in [4.78, 5) is 17.9. The molecule has 0 aliphatic carbocycles. The molecule has 88 valence electrons. The Labute approximate surface area is 96.2 Å². The van der Waals surface area contributed by atoms with Crippen LogP contribution in [0, 0.1) is 11.6 Å². The molecule has 2 rings (SSSR count). The SMILES string of the molecule is CCc1c(-c2cc(F)ccc2F)nc[nH]c1=O. The van der Waals surface area contributed by atoms with Crippen molar-refractivity contribution >= 4 is 0 Å². The molecule has 1 aromatic carbocycles. The molecule has 1 heterocycles. The minimum atomic E-state index is -0.598. The van der Waals surface area contributed by atoms with E-state index >= 15 is 0 Å². The van der Waals surface area contributed by atoms with Crippen molar-refractivity contribution in [1.82, 2.24) is 9.97 Å². The largest absolute Gasteiger partial charge is 0.313 e. The highest BCUT2D eigenvalue weighted by Crippen LogP contribution is 2.23. The Morgan fingerprint density at radius 1 is 1.35 bits per heavy atom. The third-order valence-electron chi connectivity index (χ3n) is 2.49. The third-order valence-corrected chi connectivity index (χ3v) is 2.49. The summed E-state index contributed by atoms with van der Waals surface area (Å²) in [6.45, 7) is 1.76. The fourth-order valence-corrected chi connectivity index (χ4v) is 1.67. The normalized spacial score (nSPS) is 10.5. The van der Waals surface area contributed by atoms with Gasteiger partial charge in [0.15, 0.2) is 0 Å². The van der Waals surface area contributed by atoms with Gasteiger partial charge in [-0.05, 0) is 24.6 Å². The number of benzene rings is 1. The first kappa shape index (κ1) is 11.4. The Kier molecular flexibility index (Phi) is 2.99. The van der Waals surface area contributed by atoms with Gasteiger partial charge in [-0.2, -0.15) is 0 Å².